The number of benzene rings is 3. The molecular weight excluding hydrogens is 464 g/mol. The standard InChI is InChI=1S/C32H36O5/c1-32(2,3)37-31(33)34-24-18-19-26-27(23-14-8-5-9-15-23)21-30(36-29(26)20-24)35-28-17-11-10-16-25(28)22-12-6-4-7-13-22/h4-9,12-15,18-20,25,27-28,30H,10-11,16-17,21H2,1-3H3/t25-,27-,28+,30+/m1/s1. The highest BCUT2D eigenvalue weighted by Gasteiger charge is 2.35. The van der Waals surface area contributed by atoms with E-state index in [4.69, 9.17) is 18.9 Å². The topological polar surface area (TPSA) is 54.0 Å². The van der Waals surface area contributed by atoms with Gasteiger partial charge in [0, 0.05) is 29.9 Å². The third kappa shape index (κ3) is 6.34. The predicted molar refractivity (Wildman–Crippen MR) is 143 cm³/mol. The molecule has 0 saturated heterocycles. The first kappa shape index (κ1) is 25.3. The Bertz CT molecular complexity index is 1180. The Morgan fingerprint density at radius 1 is 0.865 bits per heavy atom. The maximum atomic E-state index is 12.3. The van der Waals surface area contributed by atoms with Crippen molar-refractivity contribution in [3.8, 4) is 11.5 Å². The molecule has 0 bridgehead atoms. The van der Waals surface area contributed by atoms with Crippen LogP contribution in [0.5, 0.6) is 11.5 Å². The number of ether oxygens (including phenoxy) is 4. The lowest BCUT2D eigenvalue weighted by Gasteiger charge is -2.38. The average Bonchev–Trinajstić information content (AvgIpc) is 2.88. The highest BCUT2D eigenvalue weighted by atomic mass is 16.7. The summed E-state index contributed by atoms with van der Waals surface area (Å²) in [4.78, 5) is 12.3. The van der Waals surface area contributed by atoms with Gasteiger partial charge in [-0.3, -0.25) is 0 Å². The molecule has 5 rings (SSSR count). The first-order valence-corrected chi connectivity index (χ1v) is 13.3. The Hall–Kier alpha value is -3.31. The summed E-state index contributed by atoms with van der Waals surface area (Å²) in [5.41, 5.74) is 2.97. The molecule has 1 heterocycles. The van der Waals surface area contributed by atoms with Crippen LogP contribution in [0.3, 0.4) is 0 Å². The molecule has 0 aromatic heterocycles. The second kappa shape index (κ2) is 11.0. The molecule has 3 aromatic rings. The van der Waals surface area contributed by atoms with Gasteiger partial charge < -0.3 is 18.9 Å². The van der Waals surface area contributed by atoms with Gasteiger partial charge in [-0.2, -0.15) is 0 Å². The highest BCUT2D eigenvalue weighted by molar-refractivity contribution is 5.65. The van der Waals surface area contributed by atoms with Crippen molar-refractivity contribution in [2.45, 2.75) is 82.7 Å². The van der Waals surface area contributed by atoms with Gasteiger partial charge in [0.1, 0.15) is 17.1 Å². The summed E-state index contributed by atoms with van der Waals surface area (Å²) in [7, 11) is 0. The molecule has 0 unspecified atom stereocenters. The summed E-state index contributed by atoms with van der Waals surface area (Å²) in [5.74, 6) is 1.54. The monoisotopic (exact) mass is 500 g/mol. The molecule has 0 spiro atoms. The van der Waals surface area contributed by atoms with Crippen molar-refractivity contribution >= 4 is 6.16 Å². The number of hydrogen-bond acceptors (Lipinski definition) is 5. The molecule has 1 saturated carbocycles. The highest BCUT2D eigenvalue weighted by Crippen LogP contribution is 2.44. The lowest BCUT2D eigenvalue weighted by molar-refractivity contribution is -0.144. The molecule has 194 valence electrons. The van der Waals surface area contributed by atoms with Gasteiger partial charge in [-0.25, -0.2) is 4.79 Å². The summed E-state index contributed by atoms with van der Waals surface area (Å²) in [6.45, 7) is 5.43. The van der Waals surface area contributed by atoms with Gasteiger partial charge >= 0.3 is 6.16 Å². The summed E-state index contributed by atoms with van der Waals surface area (Å²) < 4.78 is 24.0. The van der Waals surface area contributed by atoms with E-state index in [2.05, 4.69) is 54.6 Å². The van der Waals surface area contributed by atoms with Crippen LogP contribution in [-0.4, -0.2) is 24.2 Å². The molecule has 5 heteroatoms. The van der Waals surface area contributed by atoms with Gasteiger partial charge in [0.2, 0.25) is 6.29 Å². The molecule has 0 amide bonds. The zero-order valence-electron chi connectivity index (χ0n) is 21.9. The van der Waals surface area contributed by atoms with Crippen LogP contribution in [-0.2, 0) is 9.47 Å². The van der Waals surface area contributed by atoms with Crippen LogP contribution in [0.1, 0.15) is 81.4 Å². The van der Waals surface area contributed by atoms with Gasteiger partial charge in [-0.15, -0.1) is 0 Å². The molecule has 4 atom stereocenters. The fourth-order valence-corrected chi connectivity index (χ4v) is 5.46. The van der Waals surface area contributed by atoms with Crippen LogP contribution < -0.4 is 9.47 Å². The molecule has 0 N–H and O–H groups in total. The molecule has 1 fully saturated rings. The molecule has 37 heavy (non-hydrogen) atoms. The van der Waals surface area contributed by atoms with Crippen molar-refractivity contribution < 1.29 is 23.7 Å². The van der Waals surface area contributed by atoms with E-state index in [1.807, 2.05) is 32.9 Å². The normalized spacial score (nSPS) is 23.4. The Labute approximate surface area is 219 Å². The van der Waals surface area contributed by atoms with Gasteiger partial charge in [-0.05, 0) is 50.8 Å². The lowest BCUT2D eigenvalue weighted by Crippen LogP contribution is -2.36. The molecule has 1 aliphatic carbocycles. The zero-order valence-corrected chi connectivity index (χ0v) is 21.9. The zero-order chi connectivity index (χ0) is 25.8. The van der Waals surface area contributed by atoms with E-state index in [0.29, 0.717) is 17.4 Å². The van der Waals surface area contributed by atoms with E-state index < -0.39 is 18.0 Å². The summed E-state index contributed by atoms with van der Waals surface area (Å²) in [6.07, 6.45) is 4.20. The van der Waals surface area contributed by atoms with Crippen molar-refractivity contribution in [3.05, 3.63) is 95.6 Å². The van der Waals surface area contributed by atoms with Crippen molar-refractivity contribution in [2.24, 2.45) is 0 Å². The second-order valence-corrected chi connectivity index (χ2v) is 11.0. The number of hydrogen-bond donors (Lipinski definition) is 0. The lowest BCUT2D eigenvalue weighted by atomic mass is 9.81. The van der Waals surface area contributed by atoms with E-state index in [1.165, 1.54) is 17.5 Å². The molecule has 1 aliphatic heterocycles. The van der Waals surface area contributed by atoms with Crippen LogP contribution in [0, 0.1) is 0 Å². The fraction of sp³-hybridized carbons (Fsp3) is 0.406. The van der Waals surface area contributed by atoms with E-state index in [9.17, 15) is 4.79 Å². The minimum absolute atomic E-state index is 0.0975. The Balaban J connectivity index is 1.40. The molecule has 3 aromatic carbocycles. The fourth-order valence-electron chi connectivity index (χ4n) is 5.46. The first-order valence-electron chi connectivity index (χ1n) is 13.3. The summed E-state index contributed by atoms with van der Waals surface area (Å²) in [5, 5.41) is 0. The van der Waals surface area contributed by atoms with Gasteiger partial charge in [0.15, 0.2) is 0 Å². The summed E-state index contributed by atoms with van der Waals surface area (Å²) >= 11 is 0. The number of fused-ring (bicyclic) bond motifs is 1. The summed E-state index contributed by atoms with van der Waals surface area (Å²) in [6, 6.07) is 26.7. The minimum atomic E-state index is -0.733. The largest absolute Gasteiger partial charge is 0.514 e. The van der Waals surface area contributed by atoms with Crippen molar-refractivity contribution in [1.29, 1.82) is 0 Å². The molecular formula is C32H36O5. The average molecular weight is 501 g/mol. The van der Waals surface area contributed by atoms with E-state index in [-0.39, 0.29) is 12.0 Å². The van der Waals surface area contributed by atoms with E-state index >= 15 is 0 Å². The predicted octanol–water partition coefficient (Wildman–Crippen LogP) is 7.98. The van der Waals surface area contributed by atoms with E-state index in [1.54, 1.807) is 12.1 Å². The quantitative estimate of drug-likeness (QED) is 0.262. The van der Waals surface area contributed by atoms with Gasteiger partial charge in [0.25, 0.3) is 0 Å². The Morgan fingerprint density at radius 3 is 2.24 bits per heavy atom. The van der Waals surface area contributed by atoms with Crippen molar-refractivity contribution in [1.82, 2.24) is 0 Å². The smallest absolute Gasteiger partial charge is 0.464 e. The second-order valence-electron chi connectivity index (χ2n) is 11.0. The van der Waals surface area contributed by atoms with Gasteiger partial charge in [0.05, 0.1) is 6.10 Å². The molecule has 2 aliphatic rings. The molecule has 0 radical (unpaired) electrons. The minimum Gasteiger partial charge on any atom is -0.464 e. The number of rotatable bonds is 5. The van der Waals surface area contributed by atoms with Crippen LogP contribution in [0.4, 0.5) is 4.79 Å². The SMILES string of the molecule is CC(C)(C)OC(=O)Oc1ccc2c(c1)O[C@H](O[C@H]1CCCC[C@@H]1c1ccccc1)C[C@@H]2c1ccccc1. The van der Waals surface area contributed by atoms with Crippen LogP contribution in [0.2, 0.25) is 0 Å². The molecule has 5 nitrogen and oxygen atoms in total. The first-order chi connectivity index (χ1) is 17.9. The van der Waals surface area contributed by atoms with Crippen molar-refractivity contribution in [2.75, 3.05) is 0 Å². The van der Waals surface area contributed by atoms with Gasteiger partial charge in [-0.1, -0.05) is 79.6 Å². The Morgan fingerprint density at radius 2 is 1.54 bits per heavy atom. The van der Waals surface area contributed by atoms with Crippen molar-refractivity contribution in [3.63, 3.8) is 0 Å². The maximum Gasteiger partial charge on any atom is 0.514 e. The third-order valence-corrected chi connectivity index (χ3v) is 7.10. The third-order valence-electron chi connectivity index (χ3n) is 7.10. The van der Waals surface area contributed by atoms with Crippen LogP contribution >= 0.6 is 0 Å². The van der Waals surface area contributed by atoms with E-state index in [0.717, 1.165) is 31.2 Å². The van der Waals surface area contributed by atoms with Crippen LogP contribution in [0.15, 0.2) is 78.9 Å². The maximum absolute atomic E-state index is 12.3. The Kier molecular flexibility index (Phi) is 7.52. The number of carbonyl (C=O) groups is 1. The number of carbonyl (C=O) groups excluding carboxylic acids is 1. The van der Waals surface area contributed by atoms with Crippen LogP contribution in [0.25, 0.3) is 0 Å².